The van der Waals surface area contributed by atoms with Gasteiger partial charge in [-0.3, -0.25) is 0 Å². The Hall–Kier alpha value is -6.65. The fourth-order valence-corrected chi connectivity index (χ4v) is 7.51. The van der Waals surface area contributed by atoms with E-state index in [4.69, 9.17) is 19.4 Å². The van der Waals surface area contributed by atoms with Gasteiger partial charge in [0.1, 0.15) is 11.2 Å². The van der Waals surface area contributed by atoms with Crippen molar-refractivity contribution >= 4 is 38.8 Å². The van der Waals surface area contributed by atoms with Gasteiger partial charge in [0.05, 0.1) is 0 Å². The third-order valence-corrected chi connectivity index (χ3v) is 10.0. The van der Waals surface area contributed by atoms with Crippen LogP contribution in [0.25, 0.3) is 95.2 Å². The Kier molecular flexibility index (Phi) is 6.91. The molecule has 0 radical (unpaired) electrons. The van der Waals surface area contributed by atoms with Crippen LogP contribution in [-0.2, 0) is 6.42 Å². The van der Waals surface area contributed by atoms with Crippen molar-refractivity contribution in [2.24, 2.45) is 0 Å². The van der Waals surface area contributed by atoms with E-state index in [1.807, 2.05) is 42.5 Å². The summed E-state index contributed by atoms with van der Waals surface area (Å²) in [4.78, 5) is 15.3. The molecule has 0 N–H and O–H groups in total. The van der Waals surface area contributed by atoms with Gasteiger partial charge in [0.15, 0.2) is 17.5 Å². The Morgan fingerprint density at radius 1 is 0.431 bits per heavy atom. The van der Waals surface area contributed by atoms with Gasteiger partial charge >= 0.3 is 0 Å². The largest absolute Gasteiger partial charge is 0.456 e. The van der Waals surface area contributed by atoms with Crippen LogP contribution in [0.1, 0.15) is 17.5 Å². The Morgan fingerprint density at radius 2 is 1.10 bits per heavy atom. The first-order valence-electron chi connectivity index (χ1n) is 17.4. The van der Waals surface area contributed by atoms with Gasteiger partial charge in [0, 0.05) is 27.5 Å². The number of nitrogens with zero attached hydrogens (tertiary/aromatic N) is 3. The van der Waals surface area contributed by atoms with Crippen molar-refractivity contribution in [1.29, 1.82) is 0 Å². The summed E-state index contributed by atoms with van der Waals surface area (Å²) in [5.41, 5.74) is 11.8. The number of rotatable bonds is 5. The molecule has 7 aromatic carbocycles. The summed E-state index contributed by atoms with van der Waals surface area (Å²) in [5, 5.41) is 4.45. The molecule has 10 rings (SSSR count). The summed E-state index contributed by atoms with van der Waals surface area (Å²) in [7, 11) is 0. The smallest absolute Gasteiger partial charge is 0.164 e. The first-order valence-corrected chi connectivity index (χ1v) is 17.4. The van der Waals surface area contributed by atoms with Crippen molar-refractivity contribution in [3.63, 3.8) is 0 Å². The van der Waals surface area contributed by atoms with Gasteiger partial charge in [-0.25, -0.2) is 15.0 Å². The second-order valence-corrected chi connectivity index (χ2v) is 13.1. The molecule has 0 unspecified atom stereocenters. The van der Waals surface area contributed by atoms with E-state index in [2.05, 4.69) is 121 Å². The highest BCUT2D eigenvalue weighted by Gasteiger charge is 2.19. The summed E-state index contributed by atoms with van der Waals surface area (Å²) in [6.45, 7) is 0. The van der Waals surface area contributed by atoms with Gasteiger partial charge in [-0.2, -0.15) is 0 Å². The van der Waals surface area contributed by atoms with Crippen molar-refractivity contribution in [2.75, 3.05) is 0 Å². The summed E-state index contributed by atoms with van der Waals surface area (Å²) in [6.07, 6.45) is 6.56. The van der Waals surface area contributed by atoms with E-state index < -0.39 is 0 Å². The van der Waals surface area contributed by atoms with Crippen LogP contribution in [0.5, 0.6) is 0 Å². The lowest BCUT2D eigenvalue weighted by molar-refractivity contribution is 0.669. The van der Waals surface area contributed by atoms with E-state index in [1.165, 1.54) is 38.6 Å². The van der Waals surface area contributed by atoms with Crippen molar-refractivity contribution in [3.8, 4) is 56.4 Å². The lowest BCUT2D eigenvalue weighted by atomic mass is 9.91. The predicted molar refractivity (Wildman–Crippen MR) is 209 cm³/mol. The molecule has 4 nitrogen and oxygen atoms in total. The van der Waals surface area contributed by atoms with Crippen LogP contribution in [0.15, 0.2) is 162 Å². The Labute approximate surface area is 295 Å². The molecule has 1 aliphatic rings. The molecule has 0 amide bonds. The normalized spacial score (nSPS) is 12.5. The lowest BCUT2D eigenvalue weighted by Gasteiger charge is -2.13. The van der Waals surface area contributed by atoms with Gasteiger partial charge in [0.25, 0.3) is 0 Å². The van der Waals surface area contributed by atoms with Gasteiger partial charge in [-0.15, -0.1) is 0 Å². The molecule has 0 atom stereocenters. The molecule has 1 aliphatic carbocycles. The van der Waals surface area contributed by atoms with E-state index in [0.717, 1.165) is 57.0 Å². The first-order chi connectivity index (χ1) is 25.3. The average Bonchev–Trinajstić information content (AvgIpc) is 3.59. The molecule has 0 bridgehead atoms. The Balaban J connectivity index is 1.17. The molecule has 0 saturated heterocycles. The molecular weight excluding hydrogens is 623 g/mol. The number of benzene rings is 7. The quantitative estimate of drug-likeness (QED) is 0.185. The number of fused-ring (bicyclic) bond motifs is 5. The third kappa shape index (κ3) is 5.12. The van der Waals surface area contributed by atoms with Crippen LogP contribution in [0.2, 0.25) is 0 Å². The van der Waals surface area contributed by atoms with Gasteiger partial charge < -0.3 is 4.42 Å². The monoisotopic (exact) mass is 653 g/mol. The van der Waals surface area contributed by atoms with Gasteiger partial charge in [-0.1, -0.05) is 140 Å². The van der Waals surface area contributed by atoms with Crippen molar-refractivity contribution in [3.05, 3.63) is 169 Å². The summed E-state index contributed by atoms with van der Waals surface area (Å²) in [6, 6.07) is 53.1. The van der Waals surface area contributed by atoms with E-state index in [9.17, 15) is 0 Å². The number of hydrogen-bond acceptors (Lipinski definition) is 4. The molecule has 0 spiro atoms. The minimum atomic E-state index is 0.614. The molecule has 51 heavy (non-hydrogen) atoms. The van der Waals surface area contributed by atoms with Crippen LogP contribution in [0.4, 0.5) is 0 Å². The van der Waals surface area contributed by atoms with Gasteiger partial charge in [-0.05, 0) is 81.3 Å². The standard InChI is InChI=1S/C47H31N3O/c1-3-13-31(14-4-1)36-25-26-37(39-19-10-9-18-38(36)39)34-24-27-42-41(29-34)44-40(20-11-21-43(44)51-42)47-49-45(32-15-5-2-6-16-32)48-46(50-47)35-23-22-30-12-7-8-17-33(30)28-35/h1-6,8-11,13-29H,7,12H2. The van der Waals surface area contributed by atoms with Crippen LogP contribution >= 0.6 is 0 Å². The topological polar surface area (TPSA) is 51.8 Å². The number of aromatic nitrogens is 3. The van der Waals surface area contributed by atoms with Crippen LogP contribution in [-0.4, -0.2) is 15.0 Å². The zero-order chi connectivity index (χ0) is 33.7. The van der Waals surface area contributed by atoms with Crippen molar-refractivity contribution in [2.45, 2.75) is 12.8 Å². The van der Waals surface area contributed by atoms with Crippen LogP contribution in [0, 0.1) is 0 Å². The lowest BCUT2D eigenvalue weighted by Crippen LogP contribution is -2.01. The minimum absolute atomic E-state index is 0.614. The highest BCUT2D eigenvalue weighted by atomic mass is 16.3. The molecule has 0 aliphatic heterocycles. The molecule has 2 aromatic heterocycles. The van der Waals surface area contributed by atoms with Crippen LogP contribution < -0.4 is 0 Å². The van der Waals surface area contributed by atoms with E-state index in [1.54, 1.807) is 0 Å². The van der Waals surface area contributed by atoms with Crippen LogP contribution in [0.3, 0.4) is 0 Å². The summed E-state index contributed by atoms with van der Waals surface area (Å²) >= 11 is 0. The number of allylic oxidation sites excluding steroid dienone is 1. The number of hydrogen-bond donors (Lipinski definition) is 0. The molecule has 240 valence electrons. The minimum Gasteiger partial charge on any atom is -0.456 e. The maximum Gasteiger partial charge on any atom is 0.164 e. The van der Waals surface area contributed by atoms with E-state index >= 15 is 0 Å². The fraction of sp³-hybridized carbons (Fsp3) is 0.0426. The Bertz CT molecular complexity index is 2800. The average molecular weight is 654 g/mol. The second-order valence-electron chi connectivity index (χ2n) is 13.1. The first kappa shape index (κ1) is 29.3. The highest BCUT2D eigenvalue weighted by Crippen LogP contribution is 2.41. The zero-order valence-corrected chi connectivity index (χ0v) is 27.8. The SMILES string of the molecule is C1=Cc2cc(-c3nc(-c4ccccc4)nc(-c4cccc5oc6ccc(-c7ccc(-c8ccccc8)c8ccccc78)cc6c45)n3)ccc2CC1. The number of aryl methyl sites for hydroxylation is 1. The summed E-state index contributed by atoms with van der Waals surface area (Å²) in [5.74, 6) is 1.90. The fourth-order valence-electron chi connectivity index (χ4n) is 7.51. The highest BCUT2D eigenvalue weighted by molar-refractivity contribution is 6.14. The molecular formula is C47H31N3O. The number of furan rings is 1. The zero-order valence-electron chi connectivity index (χ0n) is 27.8. The predicted octanol–water partition coefficient (Wildman–Crippen LogP) is 12.2. The third-order valence-electron chi connectivity index (χ3n) is 10.0. The molecule has 0 fully saturated rings. The second kappa shape index (κ2) is 12.0. The van der Waals surface area contributed by atoms with Crippen molar-refractivity contribution < 1.29 is 4.42 Å². The van der Waals surface area contributed by atoms with E-state index in [0.29, 0.717) is 17.5 Å². The maximum atomic E-state index is 6.48. The van der Waals surface area contributed by atoms with E-state index in [-0.39, 0.29) is 0 Å². The van der Waals surface area contributed by atoms with Crippen molar-refractivity contribution in [1.82, 2.24) is 15.0 Å². The molecule has 4 heteroatoms. The molecule has 9 aromatic rings. The summed E-state index contributed by atoms with van der Waals surface area (Å²) < 4.78 is 6.48. The maximum absolute atomic E-state index is 6.48. The van der Waals surface area contributed by atoms with Gasteiger partial charge in [0.2, 0.25) is 0 Å². The molecule has 0 saturated carbocycles. The molecule has 2 heterocycles. The Morgan fingerprint density at radius 3 is 1.88 bits per heavy atom.